The highest BCUT2D eigenvalue weighted by Gasteiger charge is 2.29. The normalized spacial score (nSPS) is 20.2. The third kappa shape index (κ3) is 3.91. The SMILES string of the molecule is CCCNC(C)c1nnc(NC2(C)CCOCC2)o1. The zero-order chi connectivity index (χ0) is 13.7. The van der Waals surface area contributed by atoms with Crippen LogP contribution >= 0.6 is 0 Å². The number of aromatic nitrogens is 2. The summed E-state index contributed by atoms with van der Waals surface area (Å²) in [5, 5.41) is 14.8. The molecular formula is C13H24N4O2. The summed E-state index contributed by atoms with van der Waals surface area (Å²) >= 11 is 0. The Morgan fingerprint density at radius 1 is 1.32 bits per heavy atom. The van der Waals surface area contributed by atoms with Crippen molar-refractivity contribution in [3.8, 4) is 0 Å². The molecule has 0 spiro atoms. The van der Waals surface area contributed by atoms with Gasteiger partial charge in [0.25, 0.3) is 0 Å². The largest absolute Gasteiger partial charge is 0.406 e. The fourth-order valence-corrected chi connectivity index (χ4v) is 2.11. The summed E-state index contributed by atoms with van der Waals surface area (Å²) in [5.41, 5.74) is -0.0118. The molecule has 1 atom stereocenters. The lowest BCUT2D eigenvalue weighted by Gasteiger charge is -2.33. The summed E-state index contributed by atoms with van der Waals surface area (Å²) in [4.78, 5) is 0. The fraction of sp³-hybridized carbons (Fsp3) is 0.846. The van der Waals surface area contributed by atoms with Gasteiger partial charge in [-0.25, -0.2) is 0 Å². The summed E-state index contributed by atoms with van der Waals surface area (Å²) in [5.74, 6) is 0.631. The van der Waals surface area contributed by atoms with E-state index >= 15 is 0 Å². The molecule has 0 saturated carbocycles. The van der Waals surface area contributed by atoms with E-state index in [9.17, 15) is 0 Å². The maximum absolute atomic E-state index is 5.67. The summed E-state index contributed by atoms with van der Waals surface area (Å²) < 4.78 is 11.0. The smallest absolute Gasteiger partial charge is 0.315 e. The van der Waals surface area contributed by atoms with Gasteiger partial charge in [-0.15, -0.1) is 5.10 Å². The Hall–Kier alpha value is -1.14. The van der Waals surface area contributed by atoms with E-state index in [2.05, 4.69) is 34.7 Å². The summed E-state index contributed by atoms with van der Waals surface area (Å²) in [6, 6.07) is 0.593. The highest BCUT2D eigenvalue weighted by molar-refractivity contribution is 5.24. The van der Waals surface area contributed by atoms with Crippen molar-refractivity contribution in [3.05, 3.63) is 5.89 Å². The van der Waals surface area contributed by atoms with Crippen molar-refractivity contribution < 1.29 is 9.15 Å². The van der Waals surface area contributed by atoms with Gasteiger partial charge in [0, 0.05) is 18.8 Å². The van der Waals surface area contributed by atoms with Crippen LogP contribution in [0.15, 0.2) is 4.42 Å². The highest BCUT2D eigenvalue weighted by Crippen LogP contribution is 2.25. The minimum absolute atomic E-state index is 0.0118. The van der Waals surface area contributed by atoms with Crippen LogP contribution in [-0.4, -0.2) is 35.5 Å². The lowest BCUT2D eigenvalue weighted by molar-refractivity contribution is 0.0650. The van der Waals surface area contributed by atoms with Crippen LogP contribution in [0.3, 0.4) is 0 Å². The molecule has 6 heteroatoms. The molecule has 6 nitrogen and oxygen atoms in total. The number of hydrogen-bond donors (Lipinski definition) is 2. The van der Waals surface area contributed by atoms with E-state index < -0.39 is 0 Å². The zero-order valence-electron chi connectivity index (χ0n) is 12.0. The molecule has 1 aliphatic rings. The molecule has 1 unspecified atom stereocenters. The molecule has 0 aliphatic carbocycles. The molecular weight excluding hydrogens is 244 g/mol. The molecule has 0 bridgehead atoms. The van der Waals surface area contributed by atoms with Gasteiger partial charge in [-0.3, -0.25) is 0 Å². The number of nitrogens with one attached hydrogen (secondary N) is 2. The second-order valence-corrected chi connectivity index (χ2v) is 5.42. The summed E-state index contributed by atoms with van der Waals surface area (Å²) in [6.07, 6.45) is 2.99. The number of rotatable bonds is 6. The van der Waals surface area contributed by atoms with Crippen LogP contribution in [0.4, 0.5) is 6.01 Å². The Labute approximate surface area is 114 Å². The lowest BCUT2D eigenvalue weighted by Crippen LogP contribution is -2.40. The molecule has 1 fully saturated rings. The molecule has 108 valence electrons. The Morgan fingerprint density at radius 3 is 2.74 bits per heavy atom. The molecule has 2 heterocycles. The van der Waals surface area contributed by atoms with Crippen LogP contribution in [0.1, 0.15) is 52.0 Å². The van der Waals surface area contributed by atoms with Gasteiger partial charge in [-0.1, -0.05) is 12.0 Å². The van der Waals surface area contributed by atoms with Crippen LogP contribution in [0, 0.1) is 0 Å². The molecule has 1 aromatic heterocycles. The van der Waals surface area contributed by atoms with E-state index in [0.29, 0.717) is 11.9 Å². The average molecular weight is 268 g/mol. The third-order valence-electron chi connectivity index (χ3n) is 3.52. The van der Waals surface area contributed by atoms with Crippen LogP contribution in [0.25, 0.3) is 0 Å². The fourth-order valence-electron chi connectivity index (χ4n) is 2.11. The van der Waals surface area contributed by atoms with Crippen LogP contribution < -0.4 is 10.6 Å². The summed E-state index contributed by atoms with van der Waals surface area (Å²) in [6.45, 7) is 8.83. The van der Waals surface area contributed by atoms with Gasteiger partial charge in [0.05, 0.1) is 6.04 Å². The maximum Gasteiger partial charge on any atom is 0.315 e. The van der Waals surface area contributed by atoms with Crippen LogP contribution in [0.2, 0.25) is 0 Å². The van der Waals surface area contributed by atoms with Crippen molar-refractivity contribution in [1.29, 1.82) is 0 Å². The number of hydrogen-bond acceptors (Lipinski definition) is 6. The Balaban J connectivity index is 1.93. The molecule has 1 aliphatic heterocycles. The monoisotopic (exact) mass is 268 g/mol. The zero-order valence-corrected chi connectivity index (χ0v) is 12.0. The first kappa shape index (κ1) is 14.3. The van der Waals surface area contributed by atoms with Crippen molar-refractivity contribution in [3.63, 3.8) is 0 Å². The molecule has 1 saturated heterocycles. The number of ether oxygens (including phenoxy) is 1. The van der Waals surface area contributed by atoms with Gasteiger partial charge in [-0.2, -0.15) is 0 Å². The quantitative estimate of drug-likeness (QED) is 0.823. The average Bonchev–Trinajstić information content (AvgIpc) is 2.84. The Kier molecular flexibility index (Phi) is 4.76. The molecule has 19 heavy (non-hydrogen) atoms. The minimum Gasteiger partial charge on any atom is -0.406 e. The van der Waals surface area contributed by atoms with E-state index in [4.69, 9.17) is 9.15 Å². The second-order valence-electron chi connectivity index (χ2n) is 5.42. The minimum atomic E-state index is -0.0118. The van der Waals surface area contributed by atoms with Crippen molar-refractivity contribution >= 4 is 6.01 Å². The Morgan fingerprint density at radius 2 is 2.05 bits per heavy atom. The third-order valence-corrected chi connectivity index (χ3v) is 3.52. The standard InChI is InChI=1S/C13H24N4O2/c1-4-7-14-10(2)11-16-17-12(19-11)15-13(3)5-8-18-9-6-13/h10,14H,4-9H2,1-3H3,(H,15,17). The van der Waals surface area contributed by atoms with Crippen molar-refractivity contribution in [2.45, 2.75) is 51.6 Å². The van der Waals surface area contributed by atoms with Gasteiger partial charge in [-0.05, 0) is 39.7 Å². The first-order valence-electron chi connectivity index (χ1n) is 7.06. The molecule has 0 amide bonds. The topological polar surface area (TPSA) is 72.2 Å². The van der Waals surface area contributed by atoms with Gasteiger partial charge < -0.3 is 19.8 Å². The van der Waals surface area contributed by atoms with E-state index in [-0.39, 0.29) is 11.6 Å². The predicted molar refractivity (Wildman–Crippen MR) is 73.1 cm³/mol. The number of nitrogens with zero attached hydrogens (tertiary/aromatic N) is 2. The van der Waals surface area contributed by atoms with Gasteiger partial charge >= 0.3 is 6.01 Å². The van der Waals surface area contributed by atoms with Gasteiger partial charge in [0.2, 0.25) is 5.89 Å². The Bertz CT molecular complexity index is 388. The van der Waals surface area contributed by atoms with Crippen LogP contribution in [0.5, 0.6) is 0 Å². The maximum atomic E-state index is 5.67. The second kappa shape index (κ2) is 6.34. The molecule has 0 aromatic carbocycles. The van der Waals surface area contributed by atoms with E-state index in [0.717, 1.165) is 39.0 Å². The van der Waals surface area contributed by atoms with E-state index in [1.54, 1.807) is 0 Å². The highest BCUT2D eigenvalue weighted by atomic mass is 16.5. The van der Waals surface area contributed by atoms with Crippen molar-refractivity contribution in [2.24, 2.45) is 0 Å². The number of anilines is 1. The lowest BCUT2D eigenvalue weighted by atomic mass is 9.93. The summed E-state index contributed by atoms with van der Waals surface area (Å²) in [7, 11) is 0. The van der Waals surface area contributed by atoms with E-state index in [1.165, 1.54) is 0 Å². The van der Waals surface area contributed by atoms with Crippen LogP contribution in [-0.2, 0) is 4.74 Å². The van der Waals surface area contributed by atoms with Crippen molar-refractivity contribution in [2.75, 3.05) is 25.1 Å². The molecule has 1 aromatic rings. The predicted octanol–water partition coefficient (Wildman–Crippen LogP) is 2.11. The van der Waals surface area contributed by atoms with Gasteiger partial charge in [0.15, 0.2) is 0 Å². The van der Waals surface area contributed by atoms with Gasteiger partial charge in [0.1, 0.15) is 0 Å². The van der Waals surface area contributed by atoms with Crippen molar-refractivity contribution in [1.82, 2.24) is 15.5 Å². The first-order valence-corrected chi connectivity index (χ1v) is 7.06. The first-order chi connectivity index (χ1) is 9.13. The molecule has 2 rings (SSSR count). The molecule has 2 N–H and O–H groups in total. The molecule has 0 radical (unpaired) electrons. The van der Waals surface area contributed by atoms with E-state index in [1.807, 2.05) is 6.92 Å².